The van der Waals surface area contributed by atoms with Crippen molar-refractivity contribution in [2.45, 2.75) is 56.5 Å². The molecular weight excluding hydrogens is 553 g/mol. The van der Waals surface area contributed by atoms with Gasteiger partial charge in [0.25, 0.3) is 11.8 Å². The molecule has 0 spiro atoms. The van der Waals surface area contributed by atoms with Crippen LogP contribution in [0.1, 0.15) is 58.4 Å². The molecule has 2 saturated heterocycles. The highest BCUT2D eigenvalue weighted by Gasteiger charge is 2.39. The number of ether oxygens (including phenoxy) is 2. The van der Waals surface area contributed by atoms with Gasteiger partial charge in [-0.25, -0.2) is 0 Å². The zero-order valence-electron chi connectivity index (χ0n) is 23.4. The topological polar surface area (TPSA) is 100 Å². The lowest BCUT2D eigenvalue weighted by Gasteiger charge is -2.42. The van der Waals surface area contributed by atoms with Crippen LogP contribution in [0.5, 0.6) is 5.75 Å². The van der Waals surface area contributed by atoms with Crippen molar-refractivity contribution in [2.75, 3.05) is 45.2 Å². The van der Waals surface area contributed by atoms with Crippen molar-refractivity contribution in [1.82, 2.24) is 15.1 Å². The number of carbonyl (C=O) groups is 3. The molecule has 42 heavy (non-hydrogen) atoms. The third kappa shape index (κ3) is 7.04. The van der Waals surface area contributed by atoms with Crippen molar-refractivity contribution < 1.29 is 37.0 Å². The number of hydrogen-bond donors (Lipinski definition) is 2. The number of nitrogens with one attached hydrogen (secondary N) is 2. The van der Waals surface area contributed by atoms with E-state index in [1.165, 1.54) is 43.2 Å². The number of carbonyl (C=O) groups excluding carboxylic acids is 3. The smallest absolute Gasteiger partial charge is 0.416 e. The molecule has 9 nitrogen and oxygen atoms in total. The minimum Gasteiger partial charge on any atom is -0.490 e. The maximum Gasteiger partial charge on any atom is 0.416 e. The first-order chi connectivity index (χ1) is 20.1. The van der Waals surface area contributed by atoms with Gasteiger partial charge in [0.1, 0.15) is 18.5 Å². The fourth-order valence-electron chi connectivity index (χ4n) is 5.78. The molecule has 226 valence electrons. The Morgan fingerprint density at radius 1 is 1.07 bits per heavy atom. The van der Waals surface area contributed by atoms with Crippen LogP contribution in [0, 0.1) is 0 Å². The molecular formula is C30H35F3N4O5. The molecule has 0 saturated carbocycles. The fraction of sp³-hybridized carbons (Fsp3) is 0.500. The summed E-state index contributed by atoms with van der Waals surface area (Å²) in [6, 6.07) is 8.37. The number of likely N-dealkylation sites (tertiary alicyclic amines) is 1. The average molecular weight is 589 g/mol. The van der Waals surface area contributed by atoms with Gasteiger partial charge < -0.3 is 29.9 Å². The van der Waals surface area contributed by atoms with Gasteiger partial charge in [-0.2, -0.15) is 13.2 Å². The summed E-state index contributed by atoms with van der Waals surface area (Å²) in [5, 5.41) is 5.55. The van der Waals surface area contributed by atoms with E-state index in [0.717, 1.165) is 31.8 Å². The van der Waals surface area contributed by atoms with E-state index in [1.807, 2.05) is 0 Å². The van der Waals surface area contributed by atoms with Crippen LogP contribution in [0.15, 0.2) is 42.5 Å². The van der Waals surface area contributed by atoms with Crippen molar-refractivity contribution in [3.8, 4) is 5.75 Å². The molecule has 0 unspecified atom stereocenters. The summed E-state index contributed by atoms with van der Waals surface area (Å²) in [7, 11) is 1.68. The van der Waals surface area contributed by atoms with Crippen molar-refractivity contribution in [3.05, 3.63) is 59.2 Å². The fourth-order valence-corrected chi connectivity index (χ4v) is 5.78. The van der Waals surface area contributed by atoms with Gasteiger partial charge in [-0.3, -0.25) is 14.4 Å². The molecule has 2 aromatic carbocycles. The molecule has 2 fully saturated rings. The van der Waals surface area contributed by atoms with Crippen LogP contribution < -0.4 is 15.4 Å². The number of hydrogen-bond acceptors (Lipinski definition) is 6. The summed E-state index contributed by atoms with van der Waals surface area (Å²) < 4.78 is 51.4. The highest BCUT2D eigenvalue weighted by Crippen LogP contribution is 2.33. The number of anilines is 1. The molecule has 0 aliphatic carbocycles. The summed E-state index contributed by atoms with van der Waals surface area (Å²) in [6.45, 7) is 3.78. The predicted molar refractivity (Wildman–Crippen MR) is 148 cm³/mol. The van der Waals surface area contributed by atoms with Gasteiger partial charge in [-0.1, -0.05) is 6.07 Å². The third-order valence-electron chi connectivity index (χ3n) is 8.08. The maximum atomic E-state index is 13.5. The van der Waals surface area contributed by atoms with Crippen LogP contribution in [0.2, 0.25) is 0 Å². The molecule has 12 heteroatoms. The van der Waals surface area contributed by atoms with Crippen LogP contribution in [0.25, 0.3) is 0 Å². The van der Waals surface area contributed by atoms with E-state index < -0.39 is 23.8 Å². The zero-order valence-corrected chi connectivity index (χ0v) is 23.4. The molecule has 0 bridgehead atoms. The number of amides is 3. The van der Waals surface area contributed by atoms with Crippen molar-refractivity contribution >= 4 is 23.4 Å². The summed E-state index contributed by atoms with van der Waals surface area (Å²) in [5.74, 6) is -0.830. The van der Waals surface area contributed by atoms with Crippen molar-refractivity contribution in [3.63, 3.8) is 0 Å². The lowest BCUT2D eigenvalue weighted by Crippen LogP contribution is -2.54. The Kier molecular flexibility index (Phi) is 9.02. The Bertz CT molecular complexity index is 1310. The van der Waals surface area contributed by atoms with Crippen LogP contribution in [0.3, 0.4) is 0 Å². The highest BCUT2D eigenvalue weighted by atomic mass is 19.4. The molecule has 3 aliphatic rings. The maximum absolute atomic E-state index is 13.5. The Morgan fingerprint density at radius 2 is 1.86 bits per heavy atom. The third-order valence-corrected chi connectivity index (χ3v) is 8.08. The molecule has 5 rings (SSSR count). The molecule has 3 atom stereocenters. The second-order valence-electron chi connectivity index (χ2n) is 11.0. The van der Waals surface area contributed by atoms with Gasteiger partial charge in [0.2, 0.25) is 5.91 Å². The molecule has 0 radical (unpaired) electrons. The van der Waals surface area contributed by atoms with Gasteiger partial charge in [0.15, 0.2) is 0 Å². The minimum atomic E-state index is -4.58. The van der Waals surface area contributed by atoms with Gasteiger partial charge in [-0.15, -0.1) is 0 Å². The second kappa shape index (κ2) is 12.7. The first-order valence-corrected chi connectivity index (χ1v) is 14.3. The molecule has 2 N–H and O–H groups in total. The largest absolute Gasteiger partial charge is 0.490 e. The van der Waals surface area contributed by atoms with E-state index in [0.29, 0.717) is 25.1 Å². The molecule has 3 aliphatic heterocycles. The average Bonchev–Trinajstić information content (AvgIpc) is 3.48. The van der Waals surface area contributed by atoms with E-state index in [4.69, 9.17) is 9.47 Å². The van der Waals surface area contributed by atoms with Crippen LogP contribution in [-0.2, 0) is 15.7 Å². The van der Waals surface area contributed by atoms with Gasteiger partial charge in [0.05, 0.1) is 29.7 Å². The Hall–Kier alpha value is -3.64. The normalized spacial score (nSPS) is 22.8. The van der Waals surface area contributed by atoms with Crippen LogP contribution in [0.4, 0.5) is 18.9 Å². The van der Waals surface area contributed by atoms with Gasteiger partial charge in [0, 0.05) is 31.4 Å². The monoisotopic (exact) mass is 588 g/mol. The molecule has 2 aromatic rings. The summed E-state index contributed by atoms with van der Waals surface area (Å²) in [4.78, 5) is 42.6. The number of likely N-dealkylation sites (N-methyl/N-ethyl adjacent to an activating group) is 1. The first kappa shape index (κ1) is 29.8. The molecule has 0 aromatic heterocycles. The second-order valence-corrected chi connectivity index (χ2v) is 11.0. The van der Waals surface area contributed by atoms with E-state index in [2.05, 4.69) is 15.5 Å². The molecule has 3 amide bonds. The predicted octanol–water partition coefficient (Wildman–Crippen LogP) is 3.94. The van der Waals surface area contributed by atoms with E-state index >= 15 is 0 Å². The SMILES string of the molecule is CN1C(=O)c2cc(NC(=O)c3cccc(C(F)(F)F)c3)ccc2OC[C@@H]2O[C@H](CC(=O)NCCN3CCCC3)CC[C@H]21. The van der Waals surface area contributed by atoms with Crippen molar-refractivity contribution in [2.24, 2.45) is 0 Å². The van der Waals surface area contributed by atoms with E-state index in [-0.39, 0.29) is 53.8 Å². The van der Waals surface area contributed by atoms with Crippen molar-refractivity contribution in [1.29, 1.82) is 0 Å². The summed E-state index contributed by atoms with van der Waals surface area (Å²) >= 11 is 0. The highest BCUT2D eigenvalue weighted by molar-refractivity contribution is 6.05. The lowest BCUT2D eigenvalue weighted by atomic mass is 9.94. The Morgan fingerprint density at radius 3 is 2.62 bits per heavy atom. The standard InChI is InChI=1S/C30H35F3N4O5/c1-36-24-9-8-22(17-27(38)34-11-14-37-12-2-3-13-37)42-26(24)18-41-25-10-7-21(16-23(25)29(36)40)35-28(39)19-5-4-6-20(15-19)30(31,32)33/h4-7,10,15-16,22,24,26H,2-3,8-9,11-14,17-18H2,1H3,(H,34,38)(H,35,39)/t22-,24+,26-/m0/s1. The number of fused-ring (bicyclic) bond motifs is 2. The quantitative estimate of drug-likeness (QED) is 0.509. The number of nitrogens with zero attached hydrogens (tertiary/aromatic N) is 2. The number of rotatable bonds is 7. The van der Waals surface area contributed by atoms with Gasteiger partial charge in [-0.05, 0) is 75.2 Å². The first-order valence-electron chi connectivity index (χ1n) is 14.3. The zero-order chi connectivity index (χ0) is 29.9. The van der Waals surface area contributed by atoms with Gasteiger partial charge >= 0.3 is 6.18 Å². The minimum absolute atomic E-state index is 0.0566. The van der Waals surface area contributed by atoms with E-state index in [1.54, 1.807) is 11.9 Å². The summed E-state index contributed by atoms with van der Waals surface area (Å²) in [5.41, 5.74) is -0.622. The number of benzene rings is 2. The Labute approximate surface area is 242 Å². The lowest BCUT2D eigenvalue weighted by molar-refractivity contribution is -0.137. The van der Waals surface area contributed by atoms with E-state index in [9.17, 15) is 27.6 Å². The Balaban J connectivity index is 1.20. The van der Waals surface area contributed by atoms with Crippen LogP contribution >= 0.6 is 0 Å². The molecule has 3 heterocycles. The van der Waals surface area contributed by atoms with Crippen LogP contribution in [-0.4, -0.2) is 85.6 Å². The number of halogens is 3. The summed E-state index contributed by atoms with van der Waals surface area (Å²) in [6.07, 6.45) is -1.39. The number of alkyl halides is 3.